The highest BCUT2D eigenvalue weighted by atomic mass is 16.5. The van der Waals surface area contributed by atoms with Crippen LogP contribution in [0.2, 0.25) is 0 Å². The Morgan fingerprint density at radius 2 is 2.14 bits per heavy atom. The first-order valence-electron chi connectivity index (χ1n) is 8.65. The summed E-state index contributed by atoms with van der Waals surface area (Å²) in [6, 6.07) is 7.29. The molecule has 0 saturated heterocycles. The number of aryl methyl sites for hydroxylation is 1. The average Bonchev–Trinajstić information content (AvgIpc) is 2.83. The minimum atomic E-state index is 0.387. The third-order valence-electron chi connectivity index (χ3n) is 5.23. The van der Waals surface area contributed by atoms with Gasteiger partial charge in [0.25, 0.3) is 0 Å². The summed E-state index contributed by atoms with van der Waals surface area (Å²) in [7, 11) is 0. The van der Waals surface area contributed by atoms with Gasteiger partial charge in [0.15, 0.2) is 0 Å². The van der Waals surface area contributed by atoms with Crippen LogP contribution in [0.5, 0.6) is 5.75 Å². The lowest BCUT2D eigenvalue weighted by atomic mass is 9.76. The maximum Gasteiger partial charge on any atom is 0.123 e. The molecule has 1 N–H and O–H groups in total. The fourth-order valence-electron chi connectivity index (χ4n) is 4.21. The highest BCUT2D eigenvalue weighted by Gasteiger charge is 2.33. The first-order valence-corrected chi connectivity index (χ1v) is 8.65. The van der Waals surface area contributed by atoms with Crippen LogP contribution < -0.4 is 10.1 Å². The summed E-state index contributed by atoms with van der Waals surface area (Å²) in [5.41, 5.74) is 2.75. The molecule has 0 radical (unpaired) electrons. The molecule has 1 aromatic carbocycles. The quantitative estimate of drug-likeness (QED) is 0.900. The molecule has 2 heteroatoms. The Morgan fingerprint density at radius 1 is 1.29 bits per heavy atom. The summed E-state index contributed by atoms with van der Waals surface area (Å²) >= 11 is 0. The second-order valence-electron chi connectivity index (χ2n) is 7.13. The molecule has 0 bridgehead atoms. The molecular weight excluding hydrogens is 258 g/mol. The number of hydrogen-bond donors (Lipinski definition) is 1. The van der Waals surface area contributed by atoms with Gasteiger partial charge in [0.05, 0.1) is 0 Å². The molecule has 1 fully saturated rings. The summed E-state index contributed by atoms with van der Waals surface area (Å²) in [6.45, 7) is 7.88. The van der Waals surface area contributed by atoms with Crippen molar-refractivity contribution >= 4 is 0 Å². The van der Waals surface area contributed by atoms with Gasteiger partial charge in [-0.3, -0.25) is 0 Å². The van der Waals surface area contributed by atoms with Gasteiger partial charge in [-0.25, -0.2) is 0 Å². The van der Waals surface area contributed by atoms with E-state index in [0.717, 1.165) is 30.6 Å². The van der Waals surface area contributed by atoms with Gasteiger partial charge in [-0.15, -0.1) is 0 Å². The normalized spacial score (nSPS) is 31.8. The number of hydrogen-bond acceptors (Lipinski definition) is 2. The zero-order chi connectivity index (χ0) is 14.8. The van der Waals surface area contributed by atoms with Crippen molar-refractivity contribution in [3.05, 3.63) is 29.3 Å². The van der Waals surface area contributed by atoms with Gasteiger partial charge in [0, 0.05) is 12.5 Å². The van der Waals surface area contributed by atoms with Gasteiger partial charge < -0.3 is 10.1 Å². The van der Waals surface area contributed by atoms with Crippen LogP contribution in [0, 0.1) is 18.8 Å². The van der Waals surface area contributed by atoms with Crippen molar-refractivity contribution in [3.63, 3.8) is 0 Å². The van der Waals surface area contributed by atoms with Crippen LogP contribution in [0.1, 0.15) is 50.7 Å². The Bertz CT molecular complexity index is 484. The largest absolute Gasteiger partial charge is 0.490 e. The molecule has 21 heavy (non-hydrogen) atoms. The van der Waals surface area contributed by atoms with E-state index in [1.807, 2.05) is 0 Å². The highest BCUT2D eigenvalue weighted by Crippen LogP contribution is 2.37. The van der Waals surface area contributed by atoms with Crippen LogP contribution in [0.4, 0.5) is 0 Å². The van der Waals surface area contributed by atoms with Gasteiger partial charge in [-0.2, -0.15) is 0 Å². The molecule has 1 heterocycles. The van der Waals surface area contributed by atoms with E-state index in [1.165, 1.54) is 36.8 Å². The highest BCUT2D eigenvalue weighted by molar-refractivity contribution is 5.40. The molecule has 0 amide bonds. The van der Waals surface area contributed by atoms with Crippen LogP contribution >= 0.6 is 0 Å². The van der Waals surface area contributed by atoms with Gasteiger partial charge in [0.1, 0.15) is 11.9 Å². The molecule has 4 unspecified atom stereocenters. The van der Waals surface area contributed by atoms with E-state index in [4.69, 9.17) is 4.74 Å². The second kappa shape index (κ2) is 6.39. The van der Waals surface area contributed by atoms with Crippen LogP contribution in [-0.4, -0.2) is 18.7 Å². The Hall–Kier alpha value is -1.02. The van der Waals surface area contributed by atoms with Gasteiger partial charge in [-0.05, 0) is 62.6 Å². The number of ether oxygens (including phenoxy) is 1. The van der Waals surface area contributed by atoms with Crippen LogP contribution in [0.15, 0.2) is 18.2 Å². The fourth-order valence-corrected chi connectivity index (χ4v) is 4.21. The lowest BCUT2D eigenvalue weighted by Crippen LogP contribution is -2.42. The van der Waals surface area contributed by atoms with E-state index in [1.54, 1.807) is 0 Å². The maximum absolute atomic E-state index is 6.20. The third kappa shape index (κ3) is 3.42. The van der Waals surface area contributed by atoms with Crippen molar-refractivity contribution in [3.8, 4) is 5.75 Å². The fraction of sp³-hybridized carbons (Fsp3) is 0.684. The Morgan fingerprint density at radius 3 is 2.95 bits per heavy atom. The number of rotatable bonds is 4. The molecule has 4 atom stereocenters. The minimum Gasteiger partial charge on any atom is -0.490 e. The Kier molecular flexibility index (Phi) is 4.54. The lowest BCUT2D eigenvalue weighted by molar-refractivity contribution is 0.134. The van der Waals surface area contributed by atoms with E-state index < -0.39 is 0 Å². The molecule has 2 aliphatic rings. The monoisotopic (exact) mass is 287 g/mol. The molecular formula is C19H29NO. The zero-order valence-corrected chi connectivity index (χ0v) is 13.7. The van der Waals surface area contributed by atoms with Crippen molar-refractivity contribution in [2.24, 2.45) is 11.8 Å². The molecule has 1 aromatic rings. The number of benzene rings is 1. The van der Waals surface area contributed by atoms with Crippen molar-refractivity contribution in [2.75, 3.05) is 6.54 Å². The summed E-state index contributed by atoms with van der Waals surface area (Å²) in [5, 5.41) is 3.70. The number of fused-ring (bicyclic) bond motifs is 1. The minimum absolute atomic E-state index is 0.387. The van der Waals surface area contributed by atoms with E-state index in [-0.39, 0.29) is 0 Å². The van der Waals surface area contributed by atoms with Crippen LogP contribution in [-0.2, 0) is 6.42 Å². The zero-order valence-electron chi connectivity index (χ0n) is 13.7. The maximum atomic E-state index is 6.20. The Labute approximate surface area is 129 Å². The predicted octanol–water partition coefficient (Wildman–Crippen LogP) is 4.10. The standard InChI is InChI=1S/C19H29NO/c1-4-20-18-7-5-13(2)9-15(18)11-17-12-16-10-14(3)6-8-19(16)21-17/h6,8,10,13,15,17-18,20H,4-5,7,9,11-12H2,1-3H3. The first-order chi connectivity index (χ1) is 10.2. The van der Waals surface area contributed by atoms with E-state index >= 15 is 0 Å². The first kappa shape index (κ1) is 14.9. The van der Waals surface area contributed by atoms with Crippen LogP contribution in [0.3, 0.4) is 0 Å². The van der Waals surface area contributed by atoms with Crippen molar-refractivity contribution in [1.82, 2.24) is 5.32 Å². The van der Waals surface area contributed by atoms with Crippen molar-refractivity contribution in [2.45, 2.75) is 65.0 Å². The van der Waals surface area contributed by atoms with Crippen molar-refractivity contribution in [1.29, 1.82) is 0 Å². The van der Waals surface area contributed by atoms with E-state index in [2.05, 4.69) is 44.3 Å². The molecule has 1 saturated carbocycles. The SMILES string of the molecule is CCNC1CCC(C)CC1CC1Cc2cc(C)ccc2O1. The van der Waals surface area contributed by atoms with Gasteiger partial charge in [-0.1, -0.05) is 31.5 Å². The summed E-state index contributed by atoms with van der Waals surface area (Å²) in [5.74, 6) is 2.76. The van der Waals surface area contributed by atoms with Crippen molar-refractivity contribution < 1.29 is 4.74 Å². The number of nitrogens with one attached hydrogen (secondary N) is 1. The molecule has 116 valence electrons. The molecule has 1 aliphatic carbocycles. The Balaban J connectivity index is 1.63. The smallest absolute Gasteiger partial charge is 0.123 e. The molecule has 0 aromatic heterocycles. The van der Waals surface area contributed by atoms with E-state index in [0.29, 0.717) is 12.1 Å². The third-order valence-corrected chi connectivity index (χ3v) is 5.23. The molecule has 3 rings (SSSR count). The van der Waals surface area contributed by atoms with Gasteiger partial charge in [0.2, 0.25) is 0 Å². The lowest BCUT2D eigenvalue weighted by Gasteiger charge is -2.36. The molecule has 2 nitrogen and oxygen atoms in total. The van der Waals surface area contributed by atoms with E-state index in [9.17, 15) is 0 Å². The predicted molar refractivity (Wildman–Crippen MR) is 87.9 cm³/mol. The molecule has 1 aliphatic heterocycles. The van der Waals surface area contributed by atoms with Gasteiger partial charge >= 0.3 is 0 Å². The molecule has 0 spiro atoms. The second-order valence-corrected chi connectivity index (χ2v) is 7.13. The summed E-state index contributed by atoms with van der Waals surface area (Å²) < 4.78 is 6.20. The van der Waals surface area contributed by atoms with Crippen LogP contribution in [0.25, 0.3) is 0 Å². The topological polar surface area (TPSA) is 21.3 Å². The average molecular weight is 287 g/mol. The summed E-state index contributed by atoms with van der Waals surface area (Å²) in [4.78, 5) is 0. The summed E-state index contributed by atoms with van der Waals surface area (Å²) in [6.07, 6.45) is 6.75.